The summed E-state index contributed by atoms with van der Waals surface area (Å²) < 4.78 is 0. The molecule has 142 valence electrons. The van der Waals surface area contributed by atoms with E-state index in [9.17, 15) is 29.3 Å². The minimum Gasteiger partial charge on any atom is -0.366 e. The maximum Gasteiger partial charge on any atom is 0.282 e. The molecule has 4 amide bonds. The van der Waals surface area contributed by atoms with Gasteiger partial charge >= 0.3 is 0 Å². The second-order valence-corrected chi connectivity index (χ2v) is 5.99. The predicted molar refractivity (Wildman–Crippen MR) is 95.3 cm³/mol. The summed E-state index contributed by atoms with van der Waals surface area (Å²) in [5.74, 6) is -2.83. The third kappa shape index (κ3) is 3.43. The molecule has 1 aliphatic rings. The van der Waals surface area contributed by atoms with Gasteiger partial charge in [-0.2, -0.15) is 0 Å². The van der Waals surface area contributed by atoms with Crippen LogP contribution in [0.2, 0.25) is 0 Å². The topological polar surface area (TPSA) is 153 Å². The van der Waals surface area contributed by atoms with Gasteiger partial charge in [0.25, 0.3) is 17.5 Å². The van der Waals surface area contributed by atoms with E-state index < -0.39 is 40.8 Å². The number of primary amides is 1. The van der Waals surface area contributed by atoms with Gasteiger partial charge in [-0.25, -0.2) is 0 Å². The van der Waals surface area contributed by atoms with Crippen LogP contribution in [0.4, 0.5) is 5.69 Å². The van der Waals surface area contributed by atoms with Gasteiger partial charge in [-0.15, -0.1) is 0 Å². The van der Waals surface area contributed by atoms with Gasteiger partial charge in [-0.05, 0) is 23.8 Å². The Morgan fingerprint density at radius 2 is 1.75 bits per heavy atom. The van der Waals surface area contributed by atoms with Gasteiger partial charge in [0, 0.05) is 18.2 Å². The Morgan fingerprint density at radius 1 is 1.07 bits per heavy atom. The molecule has 2 aromatic carbocycles. The Bertz CT molecular complexity index is 1020. The number of hydrogen-bond donors (Lipinski definition) is 2. The molecule has 0 saturated carbocycles. The number of amides is 4. The molecular weight excluding hydrogens is 368 g/mol. The first-order valence-electron chi connectivity index (χ1n) is 8.08. The third-order valence-corrected chi connectivity index (χ3v) is 4.20. The second kappa shape index (κ2) is 7.27. The molecule has 1 aliphatic heterocycles. The fourth-order valence-corrected chi connectivity index (χ4v) is 2.80. The van der Waals surface area contributed by atoms with Crippen molar-refractivity contribution in [1.29, 1.82) is 0 Å². The van der Waals surface area contributed by atoms with Crippen molar-refractivity contribution in [3.8, 4) is 0 Å². The largest absolute Gasteiger partial charge is 0.366 e. The number of nitrogens with one attached hydrogen (secondary N) is 1. The van der Waals surface area contributed by atoms with Crippen LogP contribution in [0.25, 0.3) is 0 Å². The van der Waals surface area contributed by atoms with Gasteiger partial charge in [0.05, 0.1) is 10.5 Å². The number of carbonyl (C=O) groups excluding carboxylic acids is 4. The zero-order valence-electron chi connectivity index (χ0n) is 14.4. The van der Waals surface area contributed by atoms with E-state index in [-0.39, 0.29) is 17.7 Å². The first kappa shape index (κ1) is 18.7. The quantitative estimate of drug-likeness (QED) is 0.424. The molecule has 10 heteroatoms. The Kier molecular flexibility index (Phi) is 4.86. The minimum absolute atomic E-state index is 0.0984. The van der Waals surface area contributed by atoms with Gasteiger partial charge in [-0.3, -0.25) is 34.2 Å². The van der Waals surface area contributed by atoms with Crippen molar-refractivity contribution < 1.29 is 24.1 Å². The second-order valence-electron chi connectivity index (χ2n) is 5.99. The normalized spacial score (nSPS) is 12.6. The molecule has 0 saturated heterocycles. The van der Waals surface area contributed by atoms with Crippen molar-refractivity contribution in [1.82, 2.24) is 10.2 Å². The highest BCUT2D eigenvalue weighted by Gasteiger charge is 2.41. The fourth-order valence-electron chi connectivity index (χ4n) is 2.80. The molecule has 3 N–H and O–H groups in total. The Morgan fingerprint density at radius 3 is 2.36 bits per heavy atom. The van der Waals surface area contributed by atoms with E-state index in [0.29, 0.717) is 16.0 Å². The summed E-state index contributed by atoms with van der Waals surface area (Å²) in [6, 6.07) is 9.96. The Hall–Kier alpha value is -4.08. The molecule has 0 fully saturated rings. The summed E-state index contributed by atoms with van der Waals surface area (Å²) in [4.78, 5) is 59.0. The number of nitro benzene ring substituents is 1. The average molecular weight is 382 g/mol. The molecular formula is C18H14N4O6. The van der Waals surface area contributed by atoms with E-state index in [2.05, 4.69) is 5.32 Å². The predicted octanol–water partition coefficient (Wildman–Crippen LogP) is 0.606. The Balaban J connectivity index is 1.67. The molecule has 0 bridgehead atoms. The number of carbonyl (C=O) groups is 4. The lowest BCUT2D eigenvalue weighted by Crippen LogP contribution is -2.40. The van der Waals surface area contributed by atoms with E-state index in [0.717, 1.165) is 6.07 Å². The molecule has 0 atom stereocenters. The number of fused-ring (bicyclic) bond motifs is 1. The van der Waals surface area contributed by atoms with Crippen molar-refractivity contribution in [3.05, 3.63) is 74.8 Å². The molecule has 0 aromatic heterocycles. The lowest BCUT2D eigenvalue weighted by Gasteiger charge is -2.13. The van der Waals surface area contributed by atoms with Crippen LogP contribution >= 0.6 is 0 Å². The summed E-state index contributed by atoms with van der Waals surface area (Å²) in [6.45, 7) is -0.468. The van der Waals surface area contributed by atoms with Crippen molar-refractivity contribution in [2.75, 3.05) is 6.54 Å². The molecule has 3 rings (SSSR count). The number of benzene rings is 2. The van der Waals surface area contributed by atoms with Crippen LogP contribution in [0.15, 0.2) is 42.5 Å². The first-order chi connectivity index (χ1) is 13.3. The molecule has 0 aliphatic carbocycles. The number of nitro groups is 1. The van der Waals surface area contributed by atoms with Gasteiger partial charge in [0.15, 0.2) is 0 Å². The van der Waals surface area contributed by atoms with Gasteiger partial charge in [-0.1, -0.05) is 18.2 Å². The molecule has 1 heterocycles. The van der Waals surface area contributed by atoms with Crippen molar-refractivity contribution in [3.63, 3.8) is 0 Å². The molecule has 0 radical (unpaired) electrons. The van der Waals surface area contributed by atoms with Crippen LogP contribution in [-0.4, -0.2) is 40.0 Å². The molecule has 10 nitrogen and oxygen atoms in total. The average Bonchev–Trinajstić information content (AvgIpc) is 2.91. The molecule has 0 spiro atoms. The number of nitrogens with two attached hydrogens (primary N) is 1. The van der Waals surface area contributed by atoms with Crippen molar-refractivity contribution in [2.45, 2.75) is 6.54 Å². The number of nitrogens with zero attached hydrogens (tertiary/aromatic N) is 2. The fraction of sp³-hybridized carbons (Fsp3) is 0.111. The first-order valence-corrected chi connectivity index (χ1v) is 8.08. The van der Waals surface area contributed by atoms with E-state index in [1.807, 2.05) is 0 Å². The van der Waals surface area contributed by atoms with Crippen LogP contribution < -0.4 is 11.1 Å². The highest BCUT2D eigenvalue weighted by molar-refractivity contribution is 6.24. The van der Waals surface area contributed by atoms with Crippen LogP contribution in [0.3, 0.4) is 0 Å². The van der Waals surface area contributed by atoms with E-state index in [1.54, 1.807) is 12.1 Å². The van der Waals surface area contributed by atoms with Crippen LogP contribution in [0, 0.1) is 10.1 Å². The SMILES string of the molecule is NC(=O)c1ccc(CNC(=O)CN2C(=O)c3cccc([N+](=O)[O-])c3C2=O)cc1. The van der Waals surface area contributed by atoms with E-state index in [4.69, 9.17) is 5.73 Å². The maximum absolute atomic E-state index is 12.4. The Labute approximate surface area is 158 Å². The van der Waals surface area contributed by atoms with Crippen molar-refractivity contribution >= 4 is 29.3 Å². The zero-order valence-corrected chi connectivity index (χ0v) is 14.4. The van der Waals surface area contributed by atoms with Gasteiger partial charge in [0.2, 0.25) is 11.8 Å². The highest BCUT2D eigenvalue weighted by atomic mass is 16.6. The number of hydrogen-bond acceptors (Lipinski definition) is 6. The summed E-state index contributed by atoms with van der Waals surface area (Å²) in [5, 5.41) is 13.6. The summed E-state index contributed by atoms with van der Waals surface area (Å²) in [7, 11) is 0. The maximum atomic E-state index is 12.4. The number of imide groups is 1. The third-order valence-electron chi connectivity index (χ3n) is 4.20. The monoisotopic (exact) mass is 382 g/mol. The molecule has 28 heavy (non-hydrogen) atoms. The minimum atomic E-state index is -0.881. The van der Waals surface area contributed by atoms with Crippen LogP contribution in [-0.2, 0) is 11.3 Å². The summed E-state index contributed by atoms with van der Waals surface area (Å²) >= 11 is 0. The summed E-state index contributed by atoms with van der Waals surface area (Å²) in [5.41, 5.74) is 5.25. The standard InChI is InChI=1S/C18H14N4O6/c19-16(24)11-6-4-10(5-7-11)8-20-14(23)9-21-17(25)12-2-1-3-13(22(27)28)15(12)18(21)26/h1-7H,8-9H2,(H2,19,24)(H,20,23). The van der Waals surface area contributed by atoms with Crippen LogP contribution in [0.1, 0.15) is 36.6 Å². The zero-order chi connectivity index (χ0) is 20.4. The van der Waals surface area contributed by atoms with Crippen LogP contribution in [0.5, 0.6) is 0 Å². The molecule has 0 unspecified atom stereocenters. The lowest BCUT2D eigenvalue weighted by molar-refractivity contribution is -0.385. The smallest absolute Gasteiger partial charge is 0.282 e. The number of rotatable bonds is 6. The molecule has 2 aromatic rings. The highest BCUT2D eigenvalue weighted by Crippen LogP contribution is 2.30. The van der Waals surface area contributed by atoms with Gasteiger partial charge < -0.3 is 11.1 Å². The summed E-state index contributed by atoms with van der Waals surface area (Å²) in [6.07, 6.45) is 0. The van der Waals surface area contributed by atoms with Gasteiger partial charge in [0.1, 0.15) is 12.1 Å². The lowest BCUT2D eigenvalue weighted by atomic mass is 10.1. The van der Waals surface area contributed by atoms with E-state index >= 15 is 0 Å². The van der Waals surface area contributed by atoms with E-state index in [1.165, 1.54) is 24.3 Å². The van der Waals surface area contributed by atoms with Crippen molar-refractivity contribution in [2.24, 2.45) is 5.73 Å².